The van der Waals surface area contributed by atoms with Crippen LogP contribution in [0.15, 0.2) is 18.2 Å². The van der Waals surface area contributed by atoms with Crippen LogP contribution in [-0.2, 0) is 14.3 Å². The first-order valence-corrected chi connectivity index (χ1v) is 6.96. The van der Waals surface area contributed by atoms with E-state index in [1.807, 2.05) is 0 Å². The first kappa shape index (κ1) is 14.1. The van der Waals surface area contributed by atoms with Crippen molar-refractivity contribution in [2.45, 2.75) is 25.5 Å². The fourth-order valence-corrected chi connectivity index (χ4v) is 3.04. The van der Waals surface area contributed by atoms with Gasteiger partial charge < -0.3 is 25.2 Å². The zero-order valence-corrected chi connectivity index (χ0v) is 11.6. The number of hydrogen-bond donors (Lipinski definition) is 2. The molecule has 2 aliphatic rings. The molecule has 2 aliphatic heterocycles. The number of esters is 1. The topological polar surface area (TPSA) is 94.1 Å². The van der Waals surface area contributed by atoms with Crippen molar-refractivity contribution in [3.8, 4) is 0 Å². The van der Waals surface area contributed by atoms with Gasteiger partial charge in [0.15, 0.2) is 0 Å². The Hall–Kier alpha value is -1.83. The van der Waals surface area contributed by atoms with Gasteiger partial charge in [-0.1, -0.05) is 0 Å². The lowest BCUT2D eigenvalue weighted by Gasteiger charge is -2.35. The molecule has 1 aromatic carbocycles. The van der Waals surface area contributed by atoms with Crippen LogP contribution in [0.2, 0.25) is 0 Å². The molecular weight excluding hydrogens is 276 g/mol. The maximum atomic E-state index is 12.1. The molecule has 7 nitrogen and oxygen atoms in total. The van der Waals surface area contributed by atoms with Gasteiger partial charge in [0, 0.05) is 23.8 Å². The highest BCUT2D eigenvalue weighted by Gasteiger charge is 2.44. The van der Waals surface area contributed by atoms with E-state index in [9.17, 15) is 10.0 Å². The van der Waals surface area contributed by atoms with Gasteiger partial charge >= 0.3 is 5.97 Å². The van der Waals surface area contributed by atoms with Gasteiger partial charge in [0.1, 0.15) is 6.04 Å². The Kier molecular flexibility index (Phi) is 3.71. The standard InChI is InChI=1S/C14H17N2O5/c1-2-20-14(17)12-9-5-6-21-13(9)10-7-8(16(18)19)3-4-11(10)15-12/h3-4,7,9,12-13,15,18H,2,5-6H2,1H3/q-1. The van der Waals surface area contributed by atoms with Gasteiger partial charge in [-0.15, -0.1) is 0 Å². The third-order valence-corrected chi connectivity index (χ3v) is 3.98. The Morgan fingerprint density at radius 1 is 1.62 bits per heavy atom. The summed E-state index contributed by atoms with van der Waals surface area (Å²) < 4.78 is 10.8. The highest BCUT2D eigenvalue weighted by Crippen LogP contribution is 2.45. The number of carbonyl (C=O) groups is 1. The zero-order chi connectivity index (χ0) is 15.0. The second-order valence-corrected chi connectivity index (χ2v) is 5.16. The summed E-state index contributed by atoms with van der Waals surface area (Å²) >= 11 is 0. The predicted octanol–water partition coefficient (Wildman–Crippen LogP) is 1.81. The number of fused-ring (bicyclic) bond motifs is 3. The highest BCUT2D eigenvalue weighted by atomic mass is 16.8. The molecule has 2 heterocycles. The lowest BCUT2D eigenvalue weighted by molar-refractivity contribution is -0.146. The molecule has 0 spiro atoms. The molecule has 3 rings (SSSR count). The summed E-state index contributed by atoms with van der Waals surface area (Å²) in [7, 11) is 0. The lowest BCUT2D eigenvalue weighted by atomic mass is 9.84. The van der Waals surface area contributed by atoms with Gasteiger partial charge in [0.2, 0.25) is 0 Å². The minimum atomic E-state index is -0.451. The summed E-state index contributed by atoms with van der Waals surface area (Å²) in [6.07, 6.45) is 0.473. The summed E-state index contributed by atoms with van der Waals surface area (Å²) in [5, 5.41) is 23.0. The quantitative estimate of drug-likeness (QED) is 0.648. The van der Waals surface area contributed by atoms with Crippen molar-refractivity contribution >= 4 is 17.3 Å². The molecule has 1 fully saturated rings. The third-order valence-electron chi connectivity index (χ3n) is 3.98. The maximum Gasteiger partial charge on any atom is 0.328 e. The molecule has 0 saturated carbocycles. The minimum absolute atomic E-state index is 0.0365. The Bertz CT molecular complexity index is 548. The van der Waals surface area contributed by atoms with Crippen molar-refractivity contribution in [3.05, 3.63) is 29.0 Å². The van der Waals surface area contributed by atoms with Crippen LogP contribution in [0, 0.1) is 11.1 Å². The van der Waals surface area contributed by atoms with Crippen molar-refractivity contribution in [2.24, 2.45) is 5.92 Å². The molecule has 3 unspecified atom stereocenters. The number of anilines is 2. The van der Waals surface area contributed by atoms with Crippen LogP contribution in [0.1, 0.15) is 25.0 Å². The molecule has 0 amide bonds. The molecule has 2 N–H and O–H groups in total. The molecule has 21 heavy (non-hydrogen) atoms. The smallest absolute Gasteiger partial charge is 0.328 e. The predicted molar refractivity (Wildman–Crippen MR) is 74.9 cm³/mol. The minimum Gasteiger partial charge on any atom is -0.733 e. The number of ether oxygens (including phenoxy) is 2. The summed E-state index contributed by atoms with van der Waals surface area (Å²) in [4.78, 5) is 12.1. The van der Waals surface area contributed by atoms with Crippen molar-refractivity contribution < 1.29 is 19.5 Å². The molecule has 0 radical (unpaired) electrons. The number of nitrogens with one attached hydrogen (secondary N) is 1. The van der Waals surface area contributed by atoms with Gasteiger partial charge in [0.25, 0.3) is 0 Å². The zero-order valence-electron chi connectivity index (χ0n) is 11.6. The van der Waals surface area contributed by atoms with E-state index in [0.717, 1.165) is 17.7 Å². The van der Waals surface area contributed by atoms with Crippen molar-refractivity contribution in [2.75, 3.05) is 23.8 Å². The third kappa shape index (κ3) is 2.44. The van der Waals surface area contributed by atoms with Gasteiger partial charge in [-0.3, -0.25) is 5.21 Å². The maximum absolute atomic E-state index is 12.1. The second-order valence-electron chi connectivity index (χ2n) is 5.16. The summed E-state index contributed by atoms with van der Waals surface area (Å²) in [6, 6.07) is 4.28. The average Bonchev–Trinajstić information content (AvgIpc) is 2.95. The number of hydrogen-bond acceptors (Lipinski definition) is 7. The molecule has 0 aliphatic carbocycles. The number of rotatable bonds is 3. The molecule has 3 atom stereocenters. The molecule has 0 bridgehead atoms. The number of benzene rings is 1. The van der Waals surface area contributed by atoms with Crippen LogP contribution in [0.4, 0.5) is 11.4 Å². The van der Waals surface area contributed by atoms with Crippen LogP contribution < -0.4 is 10.5 Å². The molecule has 1 aromatic rings. The first-order chi connectivity index (χ1) is 10.1. The lowest BCUT2D eigenvalue weighted by Crippen LogP contribution is -2.43. The largest absolute Gasteiger partial charge is 0.733 e. The molecule has 0 aromatic heterocycles. The van der Waals surface area contributed by atoms with Crippen LogP contribution >= 0.6 is 0 Å². The van der Waals surface area contributed by atoms with Crippen LogP contribution in [-0.4, -0.2) is 30.4 Å². The fourth-order valence-electron chi connectivity index (χ4n) is 3.04. The normalized spacial score (nSPS) is 26.5. The van der Waals surface area contributed by atoms with Crippen LogP contribution in [0.5, 0.6) is 0 Å². The first-order valence-electron chi connectivity index (χ1n) is 6.96. The monoisotopic (exact) mass is 293 g/mol. The van der Waals surface area contributed by atoms with E-state index in [1.54, 1.807) is 19.1 Å². The average molecular weight is 293 g/mol. The molecule has 7 heteroatoms. The summed E-state index contributed by atoms with van der Waals surface area (Å²) in [5.74, 6) is -0.328. The van der Waals surface area contributed by atoms with E-state index in [0.29, 0.717) is 13.2 Å². The van der Waals surface area contributed by atoms with Crippen LogP contribution in [0.25, 0.3) is 0 Å². The molecular formula is C14H17N2O5-. The van der Waals surface area contributed by atoms with E-state index in [2.05, 4.69) is 5.32 Å². The van der Waals surface area contributed by atoms with Gasteiger partial charge in [-0.2, -0.15) is 0 Å². The van der Waals surface area contributed by atoms with E-state index in [1.165, 1.54) is 6.07 Å². The Morgan fingerprint density at radius 2 is 2.43 bits per heavy atom. The number of nitrogens with zero attached hydrogens (tertiary/aromatic N) is 1. The summed E-state index contributed by atoms with van der Waals surface area (Å²) in [6.45, 7) is 2.65. The van der Waals surface area contributed by atoms with Crippen molar-refractivity contribution in [1.29, 1.82) is 0 Å². The highest BCUT2D eigenvalue weighted by molar-refractivity contribution is 5.82. The van der Waals surface area contributed by atoms with Gasteiger partial charge in [0.05, 0.1) is 18.4 Å². The Labute approximate surface area is 122 Å². The SMILES string of the molecule is CCOC(=O)C1Nc2ccc(N([O-])O)cc2C2OCCC12. The van der Waals surface area contributed by atoms with Crippen molar-refractivity contribution in [1.82, 2.24) is 0 Å². The Balaban J connectivity index is 1.95. The molecule has 114 valence electrons. The summed E-state index contributed by atoms with van der Waals surface area (Å²) in [5.41, 5.74) is 1.65. The van der Waals surface area contributed by atoms with E-state index in [-0.39, 0.29) is 28.9 Å². The van der Waals surface area contributed by atoms with E-state index < -0.39 is 6.04 Å². The van der Waals surface area contributed by atoms with E-state index >= 15 is 0 Å². The van der Waals surface area contributed by atoms with Gasteiger partial charge in [-0.05, 0) is 31.5 Å². The fraction of sp³-hybridized carbons (Fsp3) is 0.500. The molecule has 1 saturated heterocycles. The second kappa shape index (κ2) is 5.51. The number of carbonyl (C=O) groups excluding carboxylic acids is 1. The van der Waals surface area contributed by atoms with E-state index in [4.69, 9.17) is 14.7 Å². The Morgan fingerprint density at radius 3 is 3.14 bits per heavy atom. The van der Waals surface area contributed by atoms with Crippen molar-refractivity contribution in [3.63, 3.8) is 0 Å². The van der Waals surface area contributed by atoms with Crippen LogP contribution in [0.3, 0.4) is 0 Å². The van der Waals surface area contributed by atoms with Gasteiger partial charge in [-0.25, -0.2) is 4.79 Å².